The maximum atomic E-state index is 10.4. The number of rotatable bonds is 5. The van der Waals surface area contributed by atoms with Gasteiger partial charge in [-0.15, -0.1) is 6.58 Å². The monoisotopic (exact) mass is 337 g/mol. The number of pyridine rings is 1. The lowest BCUT2D eigenvalue weighted by atomic mass is 10.0. The van der Waals surface area contributed by atoms with E-state index in [9.17, 15) is 5.11 Å². The molecular formula is C21H23NO3. The molecule has 25 heavy (non-hydrogen) atoms. The van der Waals surface area contributed by atoms with Crippen LogP contribution in [0.4, 0.5) is 0 Å². The molecule has 0 radical (unpaired) electrons. The zero-order valence-electron chi connectivity index (χ0n) is 14.3. The standard InChI is InChI=1S/C21H23NO3/c1-2-8-20(23)17-15-16-9-3-4-10-18(16)22-19(17)11-7-14-25-21-12-5-6-13-24-21/h2-4,9-10,15,20-21,23H,1,5-6,8,12-14H2. The maximum absolute atomic E-state index is 10.4. The van der Waals surface area contributed by atoms with Crippen molar-refractivity contribution in [3.8, 4) is 11.8 Å². The van der Waals surface area contributed by atoms with Crippen LogP contribution < -0.4 is 0 Å². The van der Waals surface area contributed by atoms with E-state index in [0.717, 1.165) is 42.3 Å². The van der Waals surface area contributed by atoms with E-state index < -0.39 is 6.10 Å². The summed E-state index contributed by atoms with van der Waals surface area (Å²) in [7, 11) is 0. The van der Waals surface area contributed by atoms with Gasteiger partial charge in [0.1, 0.15) is 12.3 Å². The number of aliphatic hydroxyl groups excluding tert-OH is 1. The average Bonchev–Trinajstić information content (AvgIpc) is 2.65. The summed E-state index contributed by atoms with van der Waals surface area (Å²) in [5.74, 6) is 6.05. The summed E-state index contributed by atoms with van der Waals surface area (Å²) in [6, 6.07) is 9.77. The molecular weight excluding hydrogens is 314 g/mol. The summed E-state index contributed by atoms with van der Waals surface area (Å²) >= 11 is 0. The van der Waals surface area contributed by atoms with Crippen molar-refractivity contribution in [1.29, 1.82) is 0 Å². The Morgan fingerprint density at radius 2 is 2.28 bits per heavy atom. The van der Waals surface area contributed by atoms with Gasteiger partial charge >= 0.3 is 0 Å². The number of hydrogen-bond donors (Lipinski definition) is 1. The second-order valence-electron chi connectivity index (χ2n) is 6.07. The van der Waals surface area contributed by atoms with Crippen molar-refractivity contribution in [1.82, 2.24) is 4.98 Å². The fraction of sp³-hybridized carbons (Fsp3) is 0.381. The van der Waals surface area contributed by atoms with Crippen LogP contribution >= 0.6 is 0 Å². The number of nitrogens with zero attached hydrogens (tertiary/aromatic N) is 1. The Morgan fingerprint density at radius 3 is 3.08 bits per heavy atom. The number of benzene rings is 1. The third-order valence-corrected chi connectivity index (χ3v) is 4.19. The minimum Gasteiger partial charge on any atom is -0.388 e. The molecule has 1 fully saturated rings. The molecule has 3 rings (SSSR count). The lowest BCUT2D eigenvalue weighted by Crippen LogP contribution is -2.22. The predicted molar refractivity (Wildman–Crippen MR) is 97.9 cm³/mol. The highest BCUT2D eigenvalue weighted by Crippen LogP contribution is 2.24. The minimum atomic E-state index is -0.665. The van der Waals surface area contributed by atoms with E-state index in [2.05, 4.69) is 23.4 Å². The molecule has 1 saturated heterocycles. The van der Waals surface area contributed by atoms with Gasteiger partial charge < -0.3 is 14.6 Å². The number of aromatic nitrogens is 1. The van der Waals surface area contributed by atoms with Gasteiger partial charge in [-0.3, -0.25) is 0 Å². The third kappa shape index (κ3) is 4.67. The van der Waals surface area contributed by atoms with E-state index >= 15 is 0 Å². The molecule has 2 heterocycles. The molecule has 2 unspecified atom stereocenters. The van der Waals surface area contributed by atoms with Crippen molar-refractivity contribution in [2.24, 2.45) is 0 Å². The predicted octanol–water partition coefficient (Wildman–Crippen LogP) is 3.74. The van der Waals surface area contributed by atoms with E-state index in [4.69, 9.17) is 9.47 Å². The number of para-hydroxylation sites is 1. The second kappa shape index (κ2) is 8.77. The summed E-state index contributed by atoms with van der Waals surface area (Å²) in [6.45, 7) is 4.74. The Kier molecular flexibility index (Phi) is 6.19. The van der Waals surface area contributed by atoms with Crippen LogP contribution in [0.2, 0.25) is 0 Å². The summed E-state index contributed by atoms with van der Waals surface area (Å²) in [5, 5.41) is 11.4. The van der Waals surface area contributed by atoms with Gasteiger partial charge in [0.15, 0.2) is 6.29 Å². The van der Waals surface area contributed by atoms with Gasteiger partial charge in [0.25, 0.3) is 0 Å². The summed E-state index contributed by atoms with van der Waals surface area (Å²) in [4.78, 5) is 4.61. The van der Waals surface area contributed by atoms with Crippen molar-refractivity contribution in [2.45, 2.75) is 38.1 Å². The largest absolute Gasteiger partial charge is 0.388 e. The van der Waals surface area contributed by atoms with Crippen molar-refractivity contribution >= 4 is 10.9 Å². The topological polar surface area (TPSA) is 51.6 Å². The molecule has 130 valence electrons. The molecule has 1 aromatic heterocycles. The quantitative estimate of drug-likeness (QED) is 0.667. The van der Waals surface area contributed by atoms with E-state index in [-0.39, 0.29) is 12.9 Å². The molecule has 1 aromatic carbocycles. The molecule has 1 N–H and O–H groups in total. The van der Waals surface area contributed by atoms with Gasteiger partial charge in [0, 0.05) is 17.6 Å². The van der Waals surface area contributed by atoms with E-state index in [1.165, 1.54) is 0 Å². The van der Waals surface area contributed by atoms with Gasteiger partial charge in [0.2, 0.25) is 0 Å². The molecule has 4 heteroatoms. The van der Waals surface area contributed by atoms with Gasteiger partial charge in [0.05, 0.1) is 11.6 Å². The van der Waals surface area contributed by atoms with Crippen LogP contribution in [0.25, 0.3) is 10.9 Å². The number of hydrogen-bond acceptors (Lipinski definition) is 4. The van der Waals surface area contributed by atoms with E-state index in [1.807, 2.05) is 30.3 Å². The molecule has 0 bridgehead atoms. The van der Waals surface area contributed by atoms with Crippen molar-refractivity contribution in [3.63, 3.8) is 0 Å². The van der Waals surface area contributed by atoms with Gasteiger partial charge in [-0.05, 0) is 43.7 Å². The Labute approximate surface area is 148 Å². The van der Waals surface area contributed by atoms with Gasteiger partial charge in [-0.1, -0.05) is 30.2 Å². The van der Waals surface area contributed by atoms with Crippen LogP contribution in [0.5, 0.6) is 0 Å². The molecule has 2 atom stereocenters. The molecule has 0 spiro atoms. The second-order valence-corrected chi connectivity index (χ2v) is 6.07. The lowest BCUT2D eigenvalue weighted by molar-refractivity contribution is -0.154. The van der Waals surface area contributed by atoms with Gasteiger partial charge in [-0.2, -0.15) is 0 Å². The molecule has 1 aliphatic rings. The Hall–Kier alpha value is -2.19. The summed E-state index contributed by atoms with van der Waals surface area (Å²) < 4.78 is 11.2. The van der Waals surface area contributed by atoms with E-state index in [0.29, 0.717) is 12.1 Å². The highest BCUT2D eigenvalue weighted by atomic mass is 16.7. The number of fused-ring (bicyclic) bond motifs is 1. The molecule has 4 nitrogen and oxygen atoms in total. The van der Waals surface area contributed by atoms with Crippen LogP contribution in [0.3, 0.4) is 0 Å². The first-order valence-corrected chi connectivity index (χ1v) is 8.68. The molecule has 1 aliphatic heterocycles. The maximum Gasteiger partial charge on any atom is 0.158 e. The number of ether oxygens (including phenoxy) is 2. The van der Waals surface area contributed by atoms with Gasteiger partial charge in [-0.25, -0.2) is 4.98 Å². The minimum absolute atomic E-state index is 0.154. The van der Waals surface area contributed by atoms with Crippen molar-refractivity contribution in [3.05, 3.63) is 54.2 Å². The highest BCUT2D eigenvalue weighted by Gasteiger charge is 2.14. The van der Waals surface area contributed by atoms with Crippen LogP contribution in [0.1, 0.15) is 43.0 Å². The third-order valence-electron chi connectivity index (χ3n) is 4.19. The fourth-order valence-corrected chi connectivity index (χ4v) is 2.87. The summed E-state index contributed by atoms with van der Waals surface area (Å²) in [6.07, 6.45) is 4.47. The first-order chi connectivity index (χ1) is 12.3. The fourth-order valence-electron chi connectivity index (χ4n) is 2.87. The molecule has 0 aliphatic carbocycles. The summed E-state index contributed by atoms with van der Waals surface area (Å²) in [5.41, 5.74) is 2.17. The zero-order chi connectivity index (χ0) is 17.5. The van der Waals surface area contributed by atoms with Crippen molar-refractivity contribution in [2.75, 3.05) is 13.2 Å². The first kappa shape index (κ1) is 17.6. The van der Waals surface area contributed by atoms with Crippen LogP contribution in [0, 0.1) is 11.8 Å². The van der Waals surface area contributed by atoms with Crippen LogP contribution in [-0.2, 0) is 9.47 Å². The lowest BCUT2D eigenvalue weighted by Gasteiger charge is -2.21. The normalized spacial score (nSPS) is 18.4. The first-order valence-electron chi connectivity index (χ1n) is 8.68. The Morgan fingerprint density at radius 1 is 1.40 bits per heavy atom. The smallest absolute Gasteiger partial charge is 0.158 e. The molecule has 0 amide bonds. The molecule has 2 aromatic rings. The van der Waals surface area contributed by atoms with E-state index in [1.54, 1.807) is 6.08 Å². The highest BCUT2D eigenvalue weighted by molar-refractivity contribution is 5.80. The molecule has 0 saturated carbocycles. The number of aliphatic hydroxyl groups is 1. The Balaban J connectivity index is 1.79. The van der Waals surface area contributed by atoms with Crippen molar-refractivity contribution < 1.29 is 14.6 Å². The SMILES string of the molecule is C=CCC(O)c1cc2ccccc2nc1C#CCOC1CCCCO1. The average molecular weight is 337 g/mol. The zero-order valence-corrected chi connectivity index (χ0v) is 14.3. The van der Waals surface area contributed by atoms with Crippen LogP contribution in [0.15, 0.2) is 43.0 Å². The van der Waals surface area contributed by atoms with Crippen LogP contribution in [-0.4, -0.2) is 29.6 Å². The Bertz CT molecular complexity index is 785.